The van der Waals surface area contributed by atoms with E-state index in [0.717, 1.165) is 11.6 Å². The number of hydrogen-bond acceptors (Lipinski definition) is 7. The van der Waals surface area contributed by atoms with E-state index in [2.05, 4.69) is 4.72 Å². The van der Waals surface area contributed by atoms with Crippen LogP contribution in [-0.4, -0.2) is 44.6 Å². The van der Waals surface area contributed by atoms with Crippen LogP contribution in [0.4, 0.5) is 0 Å². The summed E-state index contributed by atoms with van der Waals surface area (Å²) in [5, 5.41) is 17.5. The molecule has 2 rings (SSSR count). The summed E-state index contributed by atoms with van der Waals surface area (Å²) in [5.74, 6) is -0.535. The van der Waals surface area contributed by atoms with Crippen LogP contribution in [0.2, 0.25) is 0 Å². The van der Waals surface area contributed by atoms with Crippen LogP contribution in [0.1, 0.15) is 50.3 Å². The van der Waals surface area contributed by atoms with E-state index in [1.54, 1.807) is 13.8 Å². The lowest BCUT2D eigenvalue weighted by atomic mass is 10.00. The predicted octanol–water partition coefficient (Wildman–Crippen LogP) is 2.65. The number of carbonyl (C=O) groups excluding carboxylic acids is 1. The Morgan fingerprint density at radius 1 is 1.18 bits per heavy atom. The lowest BCUT2D eigenvalue weighted by Crippen LogP contribution is -2.28. The van der Waals surface area contributed by atoms with Crippen molar-refractivity contribution >= 4 is 21.8 Å². The summed E-state index contributed by atoms with van der Waals surface area (Å²) in [6.07, 6.45) is -0.551. The molecule has 1 unspecified atom stereocenters. The third-order valence-corrected chi connectivity index (χ3v) is 6.42. The first-order valence-corrected chi connectivity index (χ1v) is 12.1. The molecule has 0 aliphatic carbocycles. The van der Waals surface area contributed by atoms with E-state index < -0.39 is 27.8 Å². The monoisotopic (exact) mass is 477 g/mol. The fraction of sp³-hybridized carbons (Fsp3) is 0.391. The molecule has 0 saturated carbocycles. The SMILES string of the molecule is CCOC(=O)C(C)Oc1cc(C(C)C)ccc1CCNS(=O)(=O)c1cc(C(=N)N)ccc1O. The van der Waals surface area contributed by atoms with Gasteiger partial charge in [0, 0.05) is 12.1 Å². The lowest BCUT2D eigenvalue weighted by molar-refractivity contribution is -0.150. The molecule has 180 valence electrons. The molecule has 0 spiro atoms. The second-order valence-electron chi connectivity index (χ2n) is 7.78. The summed E-state index contributed by atoms with van der Waals surface area (Å²) in [6.45, 7) is 7.62. The van der Waals surface area contributed by atoms with Crippen LogP contribution in [0, 0.1) is 5.41 Å². The lowest BCUT2D eigenvalue weighted by Gasteiger charge is -2.18. The molecule has 0 fully saturated rings. The van der Waals surface area contributed by atoms with Gasteiger partial charge in [0.05, 0.1) is 6.61 Å². The number of nitrogens with two attached hydrogens (primary N) is 1. The summed E-state index contributed by atoms with van der Waals surface area (Å²) in [7, 11) is -4.06. The maximum Gasteiger partial charge on any atom is 0.347 e. The van der Waals surface area contributed by atoms with Crippen molar-refractivity contribution in [2.24, 2.45) is 5.73 Å². The molecule has 0 aromatic heterocycles. The first-order chi connectivity index (χ1) is 15.5. The largest absolute Gasteiger partial charge is 0.507 e. The number of sulfonamides is 1. The van der Waals surface area contributed by atoms with Crippen LogP contribution in [0.15, 0.2) is 41.3 Å². The van der Waals surface area contributed by atoms with E-state index in [9.17, 15) is 18.3 Å². The number of ether oxygens (including phenoxy) is 2. The van der Waals surface area contributed by atoms with Gasteiger partial charge in [-0.3, -0.25) is 5.41 Å². The van der Waals surface area contributed by atoms with E-state index in [0.29, 0.717) is 11.3 Å². The molecule has 5 N–H and O–H groups in total. The van der Waals surface area contributed by atoms with Gasteiger partial charge in [0.2, 0.25) is 10.0 Å². The van der Waals surface area contributed by atoms with Crippen LogP contribution in [0.3, 0.4) is 0 Å². The summed E-state index contributed by atoms with van der Waals surface area (Å²) in [6, 6.07) is 9.29. The standard InChI is InChI=1S/C23H31N3O6S/c1-5-31-23(28)15(4)32-20-12-17(14(2)3)7-6-16(20)10-11-26-33(29,30)21-13-18(22(24)25)8-9-19(21)27/h6-9,12-15,26-27H,5,10-11H2,1-4H3,(H3,24,25). The topological polar surface area (TPSA) is 152 Å². The van der Waals surface area contributed by atoms with Gasteiger partial charge in [-0.15, -0.1) is 0 Å². The number of esters is 1. The molecule has 0 radical (unpaired) electrons. The molecule has 0 bridgehead atoms. The number of aromatic hydroxyl groups is 1. The zero-order valence-corrected chi connectivity index (χ0v) is 20.0. The Hall–Kier alpha value is -3.11. The average Bonchev–Trinajstić information content (AvgIpc) is 2.74. The number of amidine groups is 1. The highest BCUT2D eigenvalue weighted by Crippen LogP contribution is 2.27. The number of nitrogens with one attached hydrogen (secondary N) is 2. The smallest absolute Gasteiger partial charge is 0.347 e. The quantitative estimate of drug-likeness (QED) is 0.220. The summed E-state index contributed by atoms with van der Waals surface area (Å²) >= 11 is 0. The van der Waals surface area contributed by atoms with E-state index in [1.807, 2.05) is 32.0 Å². The normalized spacial score (nSPS) is 12.4. The number of carbonyl (C=O) groups is 1. The number of phenolic OH excluding ortho intramolecular Hbond substituents is 1. The van der Waals surface area contributed by atoms with E-state index >= 15 is 0 Å². The Balaban J connectivity index is 2.21. The zero-order valence-electron chi connectivity index (χ0n) is 19.2. The van der Waals surface area contributed by atoms with Crippen LogP contribution < -0.4 is 15.2 Å². The van der Waals surface area contributed by atoms with Gasteiger partial charge in [0.25, 0.3) is 0 Å². The van der Waals surface area contributed by atoms with Gasteiger partial charge >= 0.3 is 5.97 Å². The molecule has 33 heavy (non-hydrogen) atoms. The van der Waals surface area contributed by atoms with Gasteiger partial charge in [-0.25, -0.2) is 17.9 Å². The summed E-state index contributed by atoms with van der Waals surface area (Å²) < 4.78 is 38.7. The van der Waals surface area contributed by atoms with Crippen molar-refractivity contribution in [2.75, 3.05) is 13.2 Å². The number of nitrogen functional groups attached to an aromatic ring is 1. The van der Waals surface area contributed by atoms with Crippen LogP contribution in [0.5, 0.6) is 11.5 Å². The number of hydrogen-bond donors (Lipinski definition) is 4. The molecule has 1 atom stereocenters. The van der Waals surface area contributed by atoms with Gasteiger partial charge in [-0.2, -0.15) is 0 Å². The van der Waals surface area contributed by atoms with Crippen molar-refractivity contribution < 1.29 is 27.8 Å². The Bertz CT molecular complexity index is 1120. The minimum absolute atomic E-state index is 0.0112. The summed E-state index contributed by atoms with van der Waals surface area (Å²) in [5.41, 5.74) is 7.32. The second kappa shape index (κ2) is 11.2. The zero-order chi connectivity index (χ0) is 24.8. The molecule has 0 heterocycles. The van der Waals surface area contributed by atoms with Gasteiger partial charge in [-0.1, -0.05) is 26.0 Å². The fourth-order valence-corrected chi connectivity index (χ4v) is 4.19. The second-order valence-corrected chi connectivity index (χ2v) is 9.51. The van der Waals surface area contributed by atoms with Gasteiger partial charge < -0.3 is 20.3 Å². The number of benzene rings is 2. The van der Waals surface area contributed by atoms with Crippen molar-refractivity contribution in [3.05, 3.63) is 53.1 Å². The Kier molecular flexibility index (Phi) is 8.84. The molecule has 0 amide bonds. The van der Waals surface area contributed by atoms with Crippen LogP contribution >= 0.6 is 0 Å². The fourth-order valence-electron chi connectivity index (χ4n) is 3.04. The van der Waals surface area contributed by atoms with Crippen LogP contribution in [-0.2, 0) is 26.0 Å². The maximum atomic E-state index is 12.7. The average molecular weight is 478 g/mol. The first-order valence-electron chi connectivity index (χ1n) is 10.6. The maximum absolute atomic E-state index is 12.7. The summed E-state index contributed by atoms with van der Waals surface area (Å²) in [4.78, 5) is 11.6. The van der Waals surface area contributed by atoms with Crippen LogP contribution in [0.25, 0.3) is 0 Å². The molecule has 2 aromatic rings. The first kappa shape index (κ1) is 26.1. The van der Waals surface area contributed by atoms with Crippen molar-refractivity contribution in [3.63, 3.8) is 0 Å². The highest BCUT2D eigenvalue weighted by atomic mass is 32.2. The molecule has 0 aliphatic heterocycles. The molecule has 2 aromatic carbocycles. The van der Waals surface area contributed by atoms with Gasteiger partial charge in [0.15, 0.2) is 6.10 Å². The minimum Gasteiger partial charge on any atom is -0.507 e. The Labute approximate surface area is 194 Å². The highest BCUT2D eigenvalue weighted by Gasteiger charge is 2.21. The van der Waals surface area contributed by atoms with E-state index in [-0.39, 0.29) is 41.8 Å². The van der Waals surface area contributed by atoms with E-state index in [4.69, 9.17) is 20.6 Å². The Morgan fingerprint density at radius 2 is 1.88 bits per heavy atom. The highest BCUT2D eigenvalue weighted by molar-refractivity contribution is 7.89. The number of phenols is 1. The third kappa shape index (κ3) is 6.93. The van der Waals surface area contributed by atoms with Crippen molar-refractivity contribution in [3.8, 4) is 11.5 Å². The molecule has 0 saturated heterocycles. The molecule has 0 aliphatic rings. The molecule has 10 heteroatoms. The van der Waals surface area contributed by atoms with Crippen molar-refractivity contribution in [1.29, 1.82) is 5.41 Å². The van der Waals surface area contributed by atoms with Crippen molar-refractivity contribution in [2.45, 2.75) is 51.0 Å². The molecule has 9 nitrogen and oxygen atoms in total. The van der Waals surface area contributed by atoms with E-state index in [1.165, 1.54) is 12.1 Å². The molecular formula is C23H31N3O6S. The number of rotatable bonds is 11. The Morgan fingerprint density at radius 3 is 2.48 bits per heavy atom. The molecular weight excluding hydrogens is 446 g/mol. The van der Waals surface area contributed by atoms with Crippen molar-refractivity contribution in [1.82, 2.24) is 4.72 Å². The minimum atomic E-state index is -4.06. The third-order valence-electron chi connectivity index (χ3n) is 4.93. The predicted molar refractivity (Wildman–Crippen MR) is 125 cm³/mol. The van der Waals surface area contributed by atoms with Gasteiger partial charge in [-0.05, 0) is 61.6 Å². The van der Waals surface area contributed by atoms with Gasteiger partial charge in [0.1, 0.15) is 22.2 Å².